The average Bonchev–Trinajstić information content (AvgIpc) is 2.62. The molecule has 4 nitrogen and oxygen atoms in total. The van der Waals surface area contributed by atoms with E-state index < -0.39 is 0 Å². The first-order chi connectivity index (χ1) is 11.8. The third-order valence-corrected chi connectivity index (χ3v) is 4.70. The van der Waals surface area contributed by atoms with E-state index in [1.54, 1.807) is 24.5 Å². The molecule has 1 fully saturated rings. The van der Waals surface area contributed by atoms with Gasteiger partial charge >= 0.3 is 0 Å². The van der Waals surface area contributed by atoms with Gasteiger partial charge in [-0.1, -0.05) is 18.6 Å². The molecule has 0 bridgehead atoms. The first-order valence-corrected chi connectivity index (χ1v) is 8.38. The number of rotatable bonds is 3. The Hall–Kier alpha value is -2.56. The first kappa shape index (κ1) is 15.0. The van der Waals surface area contributed by atoms with Gasteiger partial charge in [-0.05, 0) is 55.0 Å². The molecule has 2 atom stereocenters. The predicted molar refractivity (Wildman–Crippen MR) is 92.4 cm³/mol. The molecule has 24 heavy (non-hydrogen) atoms. The molecule has 0 saturated heterocycles. The van der Waals surface area contributed by atoms with Gasteiger partial charge in [-0.15, -0.1) is 0 Å². The van der Waals surface area contributed by atoms with Gasteiger partial charge in [-0.25, -0.2) is 14.4 Å². The van der Waals surface area contributed by atoms with E-state index >= 15 is 0 Å². The molecular formula is C19H19FN4. The van der Waals surface area contributed by atoms with Crippen LogP contribution in [0.25, 0.3) is 11.0 Å². The number of hydrogen-bond acceptors (Lipinski definition) is 4. The van der Waals surface area contributed by atoms with Gasteiger partial charge < -0.3 is 5.32 Å². The summed E-state index contributed by atoms with van der Waals surface area (Å²) in [5.74, 6) is 0.932. The number of fused-ring (bicyclic) bond motifs is 1. The molecule has 2 unspecified atom stereocenters. The molecule has 4 rings (SSSR count). The van der Waals surface area contributed by atoms with Gasteiger partial charge in [0.15, 0.2) is 0 Å². The van der Waals surface area contributed by atoms with Crippen molar-refractivity contribution in [2.24, 2.45) is 0 Å². The number of nitrogens with one attached hydrogen (secondary N) is 1. The highest BCUT2D eigenvalue weighted by molar-refractivity contribution is 5.73. The average molecular weight is 322 g/mol. The van der Waals surface area contributed by atoms with E-state index in [2.05, 4.69) is 20.3 Å². The molecule has 1 saturated carbocycles. The molecule has 2 heterocycles. The van der Waals surface area contributed by atoms with Gasteiger partial charge in [0.05, 0.1) is 11.7 Å². The van der Waals surface area contributed by atoms with Crippen molar-refractivity contribution in [2.75, 3.05) is 5.32 Å². The SMILES string of the molecule is Fc1ccc(C2CCCC(Nc3ncc4ncccc4n3)C2)cc1. The van der Waals surface area contributed by atoms with E-state index in [0.717, 1.165) is 36.7 Å². The zero-order valence-electron chi connectivity index (χ0n) is 13.3. The summed E-state index contributed by atoms with van der Waals surface area (Å²) >= 11 is 0. The van der Waals surface area contributed by atoms with Crippen LogP contribution in [0.2, 0.25) is 0 Å². The van der Waals surface area contributed by atoms with Crippen LogP contribution in [-0.2, 0) is 0 Å². The van der Waals surface area contributed by atoms with Crippen LogP contribution < -0.4 is 5.32 Å². The summed E-state index contributed by atoms with van der Waals surface area (Å²) in [6.07, 6.45) is 7.91. The van der Waals surface area contributed by atoms with Gasteiger partial charge in [0.1, 0.15) is 11.3 Å². The maximum atomic E-state index is 13.1. The molecule has 122 valence electrons. The van der Waals surface area contributed by atoms with Crippen LogP contribution >= 0.6 is 0 Å². The van der Waals surface area contributed by atoms with Crippen LogP contribution in [0.1, 0.15) is 37.2 Å². The third kappa shape index (κ3) is 3.20. The fourth-order valence-electron chi connectivity index (χ4n) is 3.48. The van der Waals surface area contributed by atoms with Crippen molar-refractivity contribution in [1.29, 1.82) is 0 Å². The van der Waals surface area contributed by atoms with Crippen LogP contribution in [0.4, 0.5) is 10.3 Å². The summed E-state index contributed by atoms with van der Waals surface area (Å²) in [6.45, 7) is 0. The first-order valence-electron chi connectivity index (χ1n) is 8.38. The lowest BCUT2D eigenvalue weighted by atomic mass is 9.81. The minimum absolute atomic E-state index is 0.178. The highest BCUT2D eigenvalue weighted by atomic mass is 19.1. The Bertz CT molecular complexity index is 834. The van der Waals surface area contributed by atoms with Crippen LogP contribution in [-0.4, -0.2) is 21.0 Å². The predicted octanol–water partition coefficient (Wildman–Crippen LogP) is 4.30. The number of benzene rings is 1. The maximum Gasteiger partial charge on any atom is 0.223 e. The summed E-state index contributed by atoms with van der Waals surface area (Å²) in [5.41, 5.74) is 2.86. The number of halogens is 1. The Balaban J connectivity index is 1.48. The second-order valence-corrected chi connectivity index (χ2v) is 6.36. The van der Waals surface area contributed by atoms with E-state index in [9.17, 15) is 4.39 Å². The van der Waals surface area contributed by atoms with E-state index in [1.807, 2.05) is 24.3 Å². The van der Waals surface area contributed by atoms with Gasteiger partial charge in [0, 0.05) is 12.2 Å². The molecule has 0 amide bonds. The zero-order chi connectivity index (χ0) is 16.4. The lowest BCUT2D eigenvalue weighted by Gasteiger charge is -2.30. The smallest absolute Gasteiger partial charge is 0.223 e. The van der Waals surface area contributed by atoms with Gasteiger partial charge in [-0.2, -0.15) is 0 Å². The Morgan fingerprint density at radius 1 is 1.00 bits per heavy atom. The Morgan fingerprint density at radius 2 is 1.88 bits per heavy atom. The van der Waals surface area contributed by atoms with Crippen molar-refractivity contribution in [3.8, 4) is 0 Å². The van der Waals surface area contributed by atoms with Crippen LogP contribution in [0.5, 0.6) is 0 Å². The highest BCUT2D eigenvalue weighted by Crippen LogP contribution is 2.34. The van der Waals surface area contributed by atoms with Gasteiger partial charge in [0.25, 0.3) is 0 Å². The lowest BCUT2D eigenvalue weighted by molar-refractivity contribution is 0.409. The number of anilines is 1. The number of pyridine rings is 1. The van der Waals surface area contributed by atoms with E-state index in [0.29, 0.717) is 17.9 Å². The Labute approximate surface area is 140 Å². The van der Waals surface area contributed by atoms with Crippen molar-refractivity contribution in [2.45, 2.75) is 37.6 Å². The largest absolute Gasteiger partial charge is 0.351 e. The minimum Gasteiger partial charge on any atom is -0.351 e. The normalized spacial score (nSPS) is 20.9. The zero-order valence-corrected chi connectivity index (χ0v) is 13.3. The molecule has 1 aliphatic carbocycles. The molecule has 1 N–H and O–H groups in total. The second kappa shape index (κ2) is 6.51. The van der Waals surface area contributed by atoms with Crippen molar-refractivity contribution in [1.82, 2.24) is 15.0 Å². The molecule has 1 aromatic carbocycles. The summed E-state index contributed by atoms with van der Waals surface area (Å²) < 4.78 is 13.1. The fraction of sp³-hybridized carbons (Fsp3) is 0.316. The summed E-state index contributed by atoms with van der Waals surface area (Å²) in [7, 11) is 0. The summed E-state index contributed by atoms with van der Waals surface area (Å²) in [6, 6.07) is 11.1. The third-order valence-electron chi connectivity index (χ3n) is 4.70. The molecule has 0 aliphatic heterocycles. The van der Waals surface area contributed by atoms with Crippen LogP contribution in [0, 0.1) is 5.82 Å². The molecular weight excluding hydrogens is 303 g/mol. The van der Waals surface area contributed by atoms with E-state index in [-0.39, 0.29) is 5.82 Å². The van der Waals surface area contributed by atoms with Gasteiger partial charge in [0.2, 0.25) is 5.95 Å². The minimum atomic E-state index is -0.178. The summed E-state index contributed by atoms with van der Waals surface area (Å²) in [5, 5.41) is 3.46. The molecule has 2 aromatic heterocycles. The fourth-order valence-corrected chi connectivity index (χ4v) is 3.48. The topological polar surface area (TPSA) is 50.7 Å². The van der Waals surface area contributed by atoms with E-state index in [4.69, 9.17) is 0 Å². The number of nitrogens with zero attached hydrogens (tertiary/aromatic N) is 3. The number of aromatic nitrogens is 3. The number of hydrogen-bond donors (Lipinski definition) is 1. The monoisotopic (exact) mass is 322 g/mol. The van der Waals surface area contributed by atoms with Crippen molar-refractivity contribution < 1.29 is 4.39 Å². The maximum absolute atomic E-state index is 13.1. The van der Waals surface area contributed by atoms with Crippen LogP contribution in [0.3, 0.4) is 0 Å². The molecule has 3 aromatic rings. The molecule has 5 heteroatoms. The van der Waals surface area contributed by atoms with Crippen molar-refractivity contribution in [3.63, 3.8) is 0 Å². The lowest BCUT2D eigenvalue weighted by Crippen LogP contribution is -2.27. The second-order valence-electron chi connectivity index (χ2n) is 6.36. The van der Waals surface area contributed by atoms with Crippen LogP contribution in [0.15, 0.2) is 48.8 Å². The molecule has 1 aliphatic rings. The highest BCUT2D eigenvalue weighted by Gasteiger charge is 2.23. The van der Waals surface area contributed by atoms with Crippen molar-refractivity contribution >= 4 is 17.0 Å². The van der Waals surface area contributed by atoms with Crippen molar-refractivity contribution in [3.05, 3.63) is 60.2 Å². The quantitative estimate of drug-likeness (QED) is 0.781. The molecule has 0 spiro atoms. The summed E-state index contributed by atoms with van der Waals surface area (Å²) in [4.78, 5) is 13.2. The molecule has 0 radical (unpaired) electrons. The Kier molecular flexibility index (Phi) is 4.07. The van der Waals surface area contributed by atoms with Gasteiger partial charge in [-0.3, -0.25) is 4.98 Å². The van der Waals surface area contributed by atoms with E-state index in [1.165, 1.54) is 5.56 Å². The Morgan fingerprint density at radius 3 is 2.75 bits per heavy atom. The standard InChI is InChI=1S/C19H19FN4/c20-15-8-6-13(7-9-15)14-3-1-4-16(11-14)23-19-22-12-18-17(24-19)5-2-10-21-18/h2,5-10,12,14,16H,1,3-4,11H2,(H,22,23,24).